The molecule has 0 spiro atoms. The number of aliphatic hydroxyl groups is 1. The largest absolute Gasteiger partial charge is 0.387 e. The third kappa shape index (κ3) is 2.20. The molecule has 2 aromatic heterocycles. The Morgan fingerprint density at radius 1 is 1.57 bits per heavy atom. The minimum Gasteiger partial charge on any atom is -0.387 e. The SMILES string of the molecule is Cc1ncc(C(O)Cc2ccsc2)s1. The lowest BCUT2D eigenvalue weighted by Gasteiger charge is -2.05. The van der Waals surface area contributed by atoms with Gasteiger partial charge in [-0.05, 0) is 29.3 Å². The maximum Gasteiger partial charge on any atom is 0.0938 e. The van der Waals surface area contributed by atoms with Crippen molar-refractivity contribution in [3.63, 3.8) is 0 Å². The molecule has 14 heavy (non-hydrogen) atoms. The molecule has 1 atom stereocenters. The van der Waals surface area contributed by atoms with E-state index in [1.165, 1.54) is 5.56 Å². The van der Waals surface area contributed by atoms with Gasteiger partial charge in [0.05, 0.1) is 16.0 Å². The summed E-state index contributed by atoms with van der Waals surface area (Å²) in [7, 11) is 0. The highest BCUT2D eigenvalue weighted by Gasteiger charge is 2.11. The molecule has 1 N–H and O–H groups in total. The van der Waals surface area contributed by atoms with Crippen molar-refractivity contribution in [2.75, 3.05) is 0 Å². The van der Waals surface area contributed by atoms with Crippen LogP contribution in [-0.2, 0) is 6.42 Å². The minimum atomic E-state index is -0.407. The van der Waals surface area contributed by atoms with Gasteiger partial charge in [0.15, 0.2) is 0 Å². The molecule has 0 aliphatic heterocycles. The zero-order valence-corrected chi connectivity index (χ0v) is 9.44. The highest BCUT2D eigenvalue weighted by molar-refractivity contribution is 7.11. The molecule has 0 aliphatic carbocycles. The summed E-state index contributed by atoms with van der Waals surface area (Å²) in [5.74, 6) is 0. The summed E-state index contributed by atoms with van der Waals surface area (Å²) in [4.78, 5) is 5.08. The van der Waals surface area contributed by atoms with E-state index < -0.39 is 6.10 Å². The van der Waals surface area contributed by atoms with Gasteiger partial charge in [0, 0.05) is 12.6 Å². The maximum atomic E-state index is 9.88. The van der Waals surface area contributed by atoms with Crippen LogP contribution in [0.15, 0.2) is 23.0 Å². The first-order valence-corrected chi connectivity index (χ1v) is 6.13. The molecule has 74 valence electrons. The van der Waals surface area contributed by atoms with Crippen molar-refractivity contribution in [3.05, 3.63) is 38.5 Å². The summed E-state index contributed by atoms with van der Waals surface area (Å²) in [5, 5.41) is 15.0. The van der Waals surface area contributed by atoms with Gasteiger partial charge in [-0.2, -0.15) is 11.3 Å². The highest BCUT2D eigenvalue weighted by atomic mass is 32.1. The Labute approximate surface area is 90.9 Å². The average Bonchev–Trinajstić information content (AvgIpc) is 2.75. The van der Waals surface area contributed by atoms with Crippen molar-refractivity contribution in [1.82, 2.24) is 4.98 Å². The van der Waals surface area contributed by atoms with Crippen LogP contribution < -0.4 is 0 Å². The fourth-order valence-electron chi connectivity index (χ4n) is 1.26. The van der Waals surface area contributed by atoms with E-state index in [0.29, 0.717) is 6.42 Å². The van der Waals surface area contributed by atoms with Gasteiger partial charge in [0.1, 0.15) is 0 Å². The summed E-state index contributed by atoms with van der Waals surface area (Å²) in [6.45, 7) is 1.95. The van der Waals surface area contributed by atoms with Crippen LogP contribution in [0.5, 0.6) is 0 Å². The van der Waals surface area contributed by atoms with Gasteiger partial charge < -0.3 is 5.11 Å². The molecule has 2 rings (SSSR count). The van der Waals surface area contributed by atoms with Crippen LogP contribution in [0.3, 0.4) is 0 Å². The van der Waals surface area contributed by atoms with Gasteiger partial charge in [-0.15, -0.1) is 11.3 Å². The second-order valence-electron chi connectivity index (χ2n) is 3.13. The van der Waals surface area contributed by atoms with Crippen LogP contribution in [0.4, 0.5) is 0 Å². The number of nitrogens with zero attached hydrogens (tertiary/aromatic N) is 1. The molecule has 0 bridgehead atoms. The van der Waals surface area contributed by atoms with Crippen molar-refractivity contribution in [2.45, 2.75) is 19.4 Å². The van der Waals surface area contributed by atoms with E-state index in [-0.39, 0.29) is 0 Å². The second kappa shape index (κ2) is 4.21. The molecular formula is C10H11NOS2. The van der Waals surface area contributed by atoms with E-state index in [2.05, 4.69) is 10.4 Å². The van der Waals surface area contributed by atoms with Crippen LogP contribution in [0.1, 0.15) is 21.6 Å². The van der Waals surface area contributed by atoms with E-state index >= 15 is 0 Å². The Hall–Kier alpha value is -0.710. The fourth-order valence-corrected chi connectivity index (χ4v) is 2.72. The van der Waals surface area contributed by atoms with E-state index in [9.17, 15) is 5.11 Å². The lowest BCUT2D eigenvalue weighted by Crippen LogP contribution is -1.97. The number of aryl methyl sites for hydroxylation is 1. The van der Waals surface area contributed by atoms with Crippen molar-refractivity contribution >= 4 is 22.7 Å². The first kappa shape index (κ1) is 9.83. The topological polar surface area (TPSA) is 33.1 Å². The molecular weight excluding hydrogens is 214 g/mol. The third-order valence-electron chi connectivity index (χ3n) is 1.98. The fraction of sp³-hybridized carbons (Fsp3) is 0.300. The standard InChI is InChI=1S/C10H11NOS2/c1-7-11-5-10(14-7)9(12)4-8-2-3-13-6-8/h2-3,5-6,9,12H,4H2,1H3. The molecule has 0 saturated heterocycles. The normalized spacial score (nSPS) is 13.0. The number of aromatic nitrogens is 1. The summed E-state index contributed by atoms with van der Waals surface area (Å²) >= 11 is 3.22. The predicted molar refractivity (Wildman–Crippen MR) is 59.8 cm³/mol. The van der Waals surface area contributed by atoms with Gasteiger partial charge in [0.2, 0.25) is 0 Å². The van der Waals surface area contributed by atoms with Crippen LogP contribution in [-0.4, -0.2) is 10.1 Å². The molecule has 0 aromatic carbocycles. The molecule has 0 fully saturated rings. The summed E-state index contributed by atoms with van der Waals surface area (Å²) < 4.78 is 0. The number of thiazole rings is 1. The van der Waals surface area contributed by atoms with E-state index in [4.69, 9.17) is 0 Å². The van der Waals surface area contributed by atoms with Gasteiger partial charge >= 0.3 is 0 Å². The first-order valence-electron chi connectivity index (χ1n) is 4.37. The van der Waals surface area contributed by atoms with E-state index in [1.54, 1.807) is 28.9 Å². The number of rotatable bonds is 3. The summed E-state index contributed by atoms with van der Waals surface area (Å²) in [5.41, 5.74) is 1.19. The lowest BCUT2D eigenvalue weighted by molar-refractivity contribution is 0.182. The van der Waals surface area contributed by atoms with Crippen molar-refractivity contribution < 1.29 is 5.11 Å². The van der Waals surface area contributed by atoms with Crippen LogP contribution in [0.25, 0.3) is 0 Å². The number of hydrogen-bond donors (Lipinski definition) is 1. The molecule has 2 nitrogen and oxygen atoms in total. The Morgan fingerprint density at radius 2 is 2.43 bits per heavy atom. The molecule has 2 aromatic rings. The molecule has 0 aliphatic rings. The Morgan fingerprint density at radius 3 is 3.00 bits per heavy atom. The third-order valence-corrected chi connectivity index (χ3v) is 3.72. The quantitative estimate of drug-likeness (QED) is 0.871. The van der Waals surface area contributed by atoms with Gasteiger partial charge in [-0.3, -0.25) is 0 Å². The predicted octanol–water partition coefficient (Wildman–Crippen LogP) is 2.79. The van der Waals surface area contributed by atoms with E-state index in [0.717, 1.165) is 9.88 Å². The van der Waals surface area contributed by atoms with Crippen LogP contribution in [0, 0.1) is 6.92 Å². The summed E-state index contributed by atoms with van der Waals surface area (Å²) in [6, 6.07) is 2.04. The van der Waals surface area contributed by atoms with Crippen molar-refractivity contribution in [2.24, 2.45) is 0 Å². The number of aliphatic hydroxyl groups excluding tert-OH is 1. The molecule has 2 heterocycles. The Bertz CT molecular complexity index is 394. The molecule has 4 heteroatoms. The number of hydrogen-bond acceptors (Lipinski definition) is 4. The van der Waals surface area contributed by atoms with Crippen molar-refractivity contribution in [1.29, 1.82) is 0 Å². The van der Waals surface area contributed by atoms with E-state index in [1.807, 2.05) is 18.4 Å². The molecule has 0 radical (unpaired) electrons. The van der Waals surface area contributed by atoms with Gasteiger partial charge in [-0.25, -0.2) is 4.98 Å². The molecule has 1 unspecified atom stereocenters. The first-order chi connectivity index (χ1) is 6.75. The Kier molecular flexibility index (Phi) is 2.96. The minimum absolute atomic E-state index is 0.407. The second-order valence-corrected chi connectivity index (χ2v) is 5.18. The smallest absolute Gasteiger partial charge is 0.0938 e. The monoisotopic (exact) mass is 225 g/mol. The van der Waals surface area contributed by atoms with Crippen molar-refractivity contribution in [3.8, 4) is 0 Å². The van der Waals surface area contributed by atoms with Crippen LogP contribution in [0.2, 0.25) is 0 Å². The van der Waals surface area contributed by atoms with Crippen LogP contribution >= 0.6 is 22.7 Å². The maximum absolute atomic E-state index is 9.88. The summed E-state index contributed by atoms with van der Waals surface area (Å²) in [6.07, 6.45) is 2.04. The van der Waals surface area contributed by atoms with Gasteiger partial charge in [0.25, 0.3) is 0 Å². The molecule has 0 amide bonds. The molecule has 0 saturated carbocycles. The average molecular weight is 225 g/mol. The highest BCUT2D eigenvalue weighted by Crippen LogP contribution is 2.24. The van der Waals surface area contributed by atoms with Gasteiger partial charge in [-0.1, -0.05) is 0 Å². The number of thiophene rings is 1. The lowest BCUT2D eigenvalue weighted by atomic mass is 10.1. The Balaban J connectivity index is 2.06. The zero-order chi connectivity index (χ0) is 9.97. The zero-order valence-electron chi connectivity index (χ0n) is 7.80.